The van der Waals surface area contributed by atoms with E-state index in [1.54, 1.807) is 0 Å². The van der Waals surface area contributed by atoms with Gasteiger partial charge in [0.1, 0.15) is 11.5 Å². The molecule has 0 spiro atoms. The molecule has 29 heavy (non-hydrogen) atoms. The largest absolute Gasteiger partial charge is 0.507 e. The molecule has 0 heterocycles. The summed E-state index contributed by atoms with van der Waals surface area (Å²) < 4.78 is 77.8. The third-order valence-corrected chi connectivity index (χ3v) is 4.99. The van der Waals surface area contributed by atoms with Crippen LogP contribution >= 0.6 is 47.8 Å². The minimum atomic E-state index is -4.47. The van der Waals surface area contributed by atoms with E-state index >= 15 is 0 Å². The molecule has 0 bridgehead atoms. The molecule has 0 amide bonds. The molecule has 0 unspecified atom stereocenters. The first-order chi connectivity index (χ1) is 13.5. The lowest BCUT2D eigenvalue weighted by Crippen LogP contribution is -2.09. The standard InChI is InChI=1S/C9H8BrF3O.C7H5F3O.C2H4Br2/c10-5-6-14-8-4-2-1-3-7(8)9(11,12)13;8-7(9,10)5-3-1-2-4-6(5)11;3-1-2-4/h1-4H,5-6H2;1-4,11H;1-2H2. The molecule has 0 radical (unpaired) electrons. The van der Waals surface area contributed by atoms with Crippen LogP contribution in [0.5, 0.6) is 11.5 Å². The van der Waals surface area contributed by atoms with E-state index in [-0.39, 0.29) is 12.4 Å². The second-order valence-electron chi connectivity index (χ2n) is 4.92. The Hall–Kier alpha value is -0.940. The van der Waals surface area contributed by atoms with Gasteiger partial charge in [-0.25, -0.2) is 0 Å². The van der Waals surface area contributed by atoms with Crippen molar-refractivity contribution in [3.63, 3.8) is 0 Å². The first-order valence-corrected chi connectivity index (χ1v) is 11.2. The maximum atomic E-state index is 12.4. The number of ether oxygens (including phenoxy) is 1. The highest BCUT2D eigenvalue weighted by Gasteiger charge is 2.34. The molecule has 0 atom stereocenters. The summed E-state index contributed by atoms with van der Waals surface area (Å²) in [6.45, 7) is 0.215. The average molecular weight is 619 g/mol. The van der Waals surface area contributed by atoms with Crippen molar-refractivity contribution in [2.24, 2.45) is 0 Å². The fourth-order valence-corrected chi connectivity index (χ4v) is 1.85. The third kappa shape index (κ3) is 11.7. The zero-order chi connectivity index (χ0) is 22.5. The first kappa shape index (κ1) is 28.1. The summed E-state index contributed by atoms with van der Waals surface area (Å²) in [5.41, 5.74) is -1.74. The van der Waals surface area contributed by atoms with Gasteiger partial charge in [-0.05, 0) is 24.3 Å². The van der Waals surface area contributed by atoms with Gasteiger partial charge in [-0.1, -0.05) is 72.1 Å². The van der Waals surface area contributed by atoms with Gasteiger partial charge >= 0.3 is 12.4 Å². The molecule has 0 fully saturated rings. The minimum absolute atomic E-state index is 0.126. The third-order valence-electron chi connectivity index (χ3n) is 2.81. The molecule has 2 aromatic rings. The first-order valence-electron chi connectivity index (χ1n) is 7.81. The number of aromatic hydroxyl groups is 1. The van der Waals surface area contributed by atoms with Crippen molar-refractivity contribution in [2.45, 2.75) is 12.4 Å². The summed E-state index contributed by atoms with van der Waals surface area (Å²) in [6.07, 6.45) is -8.83. The van der Waals surface area contributed by atoms with E-state index in [9.17, 15) is 26.3 Å². The number of rotatable bonds is 4. The maximum absolute atomic E-state index is 12.4. The fourth-order valence-electron chi connectivity index (χ4n) is 1.69. The predicted octanol–water partition coefficient (Wildman–Crippen LogP) is 7.67. The molecule has 0 saturated carbocycles. The maximum Gasteiger partial charge on any atom is 0.419 e. The Morgan fingerprint density at radius 3 is 1.52 bits per heavy atom. The monoisotopic (exact) mass is 616 g/mol. The highest BCUT2D eigenvalue weighted by molar-refractivity contribution is 9.12. The summed E-state index contributed by atoms with van der Waals surface area (Å²) in [4.78, 5) is 0. The molecule has 2 rings (SSSR count). The van der Waals surface area contributed by atoms with E-state index < -0.39 is 29.2 Å². The van der Waals surface area contributed by atoms with Crippen LogP contribution in [0.4, 0.5) is 26.3 Å². The smallest absolute Gasteiger partial charge is 0.419 e. The van der Waals surface area contributed by atoms with E-state index in [1.807, 2.05) is 0 Å². The number of halogens is 9. The van der Waals surface area contributed by atoms with Gasteiger partial charge in [0, 0.05) is 16.0 Å². The Balaban J connectivity index is 0.000000466. The van der Waals surface area contributed by atoms with Crippen molar-refractivity contribution in [2.75, 3.05) is 22.6 Å². The number of phenols is 1. The van der Waals surface area contributed by atoms with Crippen LogP contribution in [-0.2, 0) is 12.4 Å². The molecule has 0 aliphatic rings. The SMILES string of the molecule is BrCCBr.FC(F)(F)c1ccccc1OCCBr.Oc1ccccc1C(F)(F)F. The number of hydrogen-bond donors (Lipinski definition) is 1. The van der Waals surface area contributed by atoms with Gasteiger partial charge in [-0.2, -0.15) is 26.3 Å². The Morgan fingerprint density at radius 1 is 0.690 bits per heavy atom. The van der Waals surface area contributed by atoms with Crippen LogP contribution in [0.2, 0.25) is 0 Å². The molecule has 0 aliphatic carbocycles. The number of alkyl halides is 9. The molecule has 164 valence electrons. The molecular weight excluding hydrogens is 602 g/mol. The van der Waals surface area contributed by atoms with Gasteiger partial charge in [0.2, 0.25) is 0 Å². The van der Waals surface area contributed by atoms with Crippen molar-refractivity contribution >= 4 is 47.8 Å². The topological polar surface area (TPSA) is 29.5 Å². The molecule has 0 aliphatic heterocycles. The summed E-state index contributed by atoms with van der Waals surface area (Å²) in [6, 6.07) is 9.56. The molecular formula is C18H17Br3F6O2. The second kappa shape index (κ2) is 14.1. The second-order valence-corrected chi connectivity index (χ2v) is 7.30. The Morgan fingerprint density at radius 2 is 1.14 bits per heavy atom. The van der Waals surface area contributed by atoms with Crippen LogP contribution < -0.4 is 4.74 Å². The number of hydrogen-bond acceptors (Lipinski definition) is 2. The van der Waals surface area contributed by atoms with Crippen LogP contribution in [-0.4, -0.2) is 27.7 Å². The number of phenolic OH excluding ortho intramolecular Hbond substituents is 1. The summed E-state index contributed by atoms with van der Waals surface area (Å²) in [7, 11) is 0. The average Bonchev–Trinajstić information content (AvgIpc) is 2.66. The lowest BCUT2D eigenvalue weighted by Gasteiger charge is -2.12. The summed E-state index contributed by atoms with van der Waals surface area (Å²) in [5, 5.41) is 11.3. The molecule has 0 saturated heterocycles. The minimum Gasteiger partial charge on any atom is -0.507 e. The van der Waals surface area contributed by atoms with Crippen molar-refractivity contribution in [1.82, 2.24) is 0 Å². The highest BCUT2D eigenvalue weighted by Crippen LogP contribution is 2.36. The zero-order valence-corrected chi connectivity index (χ0v) is 19.5. The van der Waals surface area contributed by atoms with Crippen molar-refractivity contribution < 1.29 is 36.2 Å². The lowest BCUT2D eigenvalue weighted by atomic mass is 10.2. The molecule has 0 aromatic heterocycles. The Bertz CT molecular complexity index is 706. The molecule has 11 heteroatoms. The van der Waals surface area contributed by atoms with Crippen LogP contribution in [0.3, 0.4) is 0 Å². The molecule has 2 aromatic carbocycles. The van der Waals surface area contributed by atoms with Gasteiger partial charge < -0.3 is 9.84 Å². The van der Waals surface area contributed by atoms with Crippen LogP contribution in [0, 0.1) is 0 Å². The molecule has 1 N–H and O–H groups in total. The lowest BCUT2D eigenvalue weighted by molar-refractivity contribution is -0.139. The fraction of sp³-hybridized carbons (Fsp3) is 0.333. The van der Waals surface area contributed by atoms with Crippen LogP contribution in [0.25, 0.3) is 0 Å². The Labute approximate surface area is 189 Å². The summed E-state index contributed by atoms with van der Waals surface area (Å²) in [5.74, 6) is -0.862. The van der Waals surface area contributed by atoms with Gasteiger partial charge in [-0.3, -0.25) is 0 Å². The Kier molecular flexibility index (Phi) is 13.7. The van der Waals surface area contributed by atoms with Crippen molar-refractivity contribution in [1.29, 1.82) is 0 Å². The van der Waals surface area contributed by atoms with E-state index in [1.165, 1.54) is 30.3 Å². The van der Waals surface area contributed by atoms with E-state index in [2.05, 4.69) is 47.8 Å². The van der Waals surface area contributed by atoms with E-state index in [4.69, 9.17) is 9.84 Å². The van der Waals surface area contributed by atoms with E-state index in [0.29, 0.717) is 5.33 Å². The molecule has 2 nitrogen and oxygen atoms in total. The quantitative estimate of drug-likeness (QED) is 0.282. The van der Waals surface area contributed by atoms with Crippen LogP contribution in [0.15, 0.2) is 48.5 Å². The summed E-state index contributed by atoms with van der Waals surface area (Å²) >= 11 is 9.48. The van der Waals surface area contributed by atoms with E-state index in [0.717, 1.165) is 28.9 Å². The van der Waals surface area contributed by atoms with Crippen molar-refractivity contribution in [3.8, 4) is 11.5 Å². The van der Waals surface area contributed by atoms with Crippen LogP contribution in [0.1, 0.15) is 11.1 Å². The van der Waals surface area contributed by atoms with Gasteiger partial charge in [0.05, 0.1) is 17.7 Å². The number of benzene rings is 2. The predicted molar refractivity (Wildman–Crippen MR) is 111 cm³/mol. The highest BCUT2D eigenvalue weighted by atomic mass is 79.9. The van der Waals surface area contributed by atoms with Gasteiger partial charge in [-0.15, -0.1) is 0 Å². The normalized spacial score (nSPS) is 10.9. The van der Waals surface area contributed by atoms with Crippen molar-refractivity contribution in [3.05, 3.63) is 59.7 Å². The van der Waals surface area contributed by atoms with Gasteiger partial charge in [0.25, 0.3) is 0 Å². The van der Waals surface area contributed by atoms with Gasteiger partial charge in [0.15, 0.2) is 0 Å². The number of para-hydroxylation sites is 2. The zero-order valence-electron chi connectivity index (χ0n) is 14.7.